The highest BCUT2D eigenvalue weighted by Gasteiger charge is 2.35. The van der Waals surface area contributed by atoms with E-state index in [9.17, 15) is 5.26 Å². The molecule has 2 heterocycles. The van der Waals surface area contributed by atoms with Gasteiger partial charge in [0.1, 0.15) is 0 Å². The number of nitrogens with one attached hydrogen (secondary N) is 2. The van der Waals surface area contributed by atoms with Gasteiger partial charge in [0.05, 0.1) is 17.6 Å². The number of H-pyrrole nitrogens is 1. The van der Waals surface area contributed by atoms with Crippen molar-refractivity contribution in [1.29, 1.82) is 5.26 Å². The first-order valence-electron chi connectivity index (χ1n) is 8.49. The van der Waals surface area contributed by atoms with Gasteiger partial charge in [-0.15, -0.1) is 0 Å². The predicted molar refractivity (Wildman–Crippen MR) is 94.7 cm³/mol. The molecule has 2 aliphatic rings. The van der Waals surface area contributed by atoms with Gasteiger partial charge in [-0.3, -0.25) is 5.10 Å². The number of nitrogens with zero attached hydrogens (tertiary/aromatic N) is 2. The Morgan fingerprint density at radius 1 is 1.12 bits per heavy atom. The van der Waals surface area contributed by atoms with E-state index in [0.29, 0.717) is 10.9 Å². The van der Waals surface area contributed by atoms with E-state index in [-0.39, 0.29) is 5.92 Å². The lowest BCUT2D eigenvalue weighted by molar-refractivity contribution is 0.401. The Morgan fingerprint density at radius 2 is 1.92 bits per heavy atom. The van der Waals surface area contributed by atoms with E-state index in [1.165, 1.54) is 19.3 Å². The molecule has 122 valence electrons. The van der Waals surface area contributed by atoms with Gasteiger partial charge >= 0.3 is 0 Å². The molecule has 0 spiro atoms. The average Bonchev–Trinajstić information content (AvgIpc) is 3.10. The van der Waals surface area contributed by atoms with Crippen LogP contribution < -0.4 is 5.32 Å². The number of hydrogen-bond acceptors (Lipinski definition) is 3. The molecule has 1 aromatic carbocycles. The van der Waals surface area contributed by atoms with Gasteiger partial charge in [0.15, 0.2) is 5.82 Å². The highest BCUT2D eigenvalue weighted by atomic mass is 35.5. The predicted octanol–water partition coefficient (Wildman–Crippen LogP) is 4.98. The second-order valence-corrected chi connectivity index (χ2v) is 6.95. The Labute approximate surface area is 146 Å². The molecule has 4 rings (SSSR count). The normalized spacial score (nSPS) is 21.1. The van der Waals surface area contributed by atoms with Crippen molar-refractivity contribution in [3.8, 4) is 6.07 Å². The van der Waals surface area contributed by atoms with Gasteiger partial charge in [-0.2, -0.15) is 10.4 Å². The molecular weight excluding hydrogens is 320 g/mol. The van der Waals surface area contributed by atoms with E-state index in [1.54, 1.807) is 0 Å². The summed E-state index contributed by atoms with van der Waals surface area (Å²) in [5.41, 5.74) is 3.78. The zero-order valence-corrected chi connectivity index (χ0v) is 14.1. The summed E-state index contributed by atoms with van der Waals surface area (Å²) in [7, 11) is 0. The Kier molecular flexibility index (Phi) is 4.03. The number of allylic oxidation sites excluding steroid dienone is 2. The summed E-state index contributed by atoms with van der Waals surface area (Å²) in [4.78, 5) is 0. The molecule has 1 unspecified atom stereocenters. The fourth-order valence-electron chi connectivity index (χ4n) is 4.00. The van der Waals surface area contributed by atoms with Crippen molar-refractivity contribution in [2.75, 3.05) is 5.32 Å². The van der Waals surface area contributed by atoms with Crippen molar-refractivity contribution < 1.29 is 0 Å². The topological polar surface area (TPSA) is 64.5 Å². The molecule has 24 heavy (non-hydrogen) atoms. The van der Waals surface area contributed by atoms with Crippen LogP contribution in [0, 0.1) is 17.2 Å². The third-order valence-corrected chi connectivity index (χ3v) is 5.51. The van der Waals surface area contributed by atoms with Gasteiger partial charge < -0.3 is 5.32 Å². The third kappa shape index (κ3) is 2.50. The first kappa shape index (κ1) is 15.3. The summed E-state index contributed by atoms with van der Waals surface area (Å²) in [6.45, 7) is 0. The van der Waals surface area contributed by atoms with Crippen molar-refractivity contribution in [1.82, 2.24) is 10.2 Å². The van der Waals surface area contributed by atoms with Gasteiger partial charge in [0.25, 0.3) is 0 Å². The molecule has 2 aromatic rings. The molecule has 1 aromatic heterocycles. The summed E-state index contributed by atoms with van der Waals surface area (Å²) in [5.74, 6) is 1.07. The number of fused-ring (bicyclic) bond motifs is 1. The Bertz CT molecular complexity index is 824. The van der Waals surface area contributed by atoms with Gasteiger partial charge in [-0.25, -0.2) is 0 Å². The van der Waals surface area contributed by atoms with Crippen molar-refractivity contribution in [2.24, 2.45) is 5.92 Å². The minimum atomic E-state index is -0.157. The van der Waals surface area contributed by atoms with Crippen LogP contribution >= 0.6 is 11.6 Å². The number of aromatic nitrogens is 2. The van der Waals surface area contributed by atoms with E-state index >= 15 is 0 Å². The number of hydrogen-bond donors (Lipinski definition) is 2. The molecule has 1 atom stereocenters. The zero-order chi connectivity index (χ0) is 16.5. The van der Waals surface area contributed by atoms with Crippen molar-refractivity contribution >= 4 is 17.4 Å². The molecule has 1 aliphatic carbocycles. The van der Waals surface area contributed by atoms with Crippen LogP contribution in [0.2, 0.25) is 5.02 Å². The lowest BCUT2D eigenvalue weighted by Crippen LogP contribution is -2.24. The van der Waals surface area contributed by atoms with Crippen molar-refractivity contribution in [3.63, 3.8) is 0 Å². The second kappa shape index (κ2) is 6.33. The van der Waals surface area contributed by atoms with Crippen molar-refractivity contribution in [3.05, 3.63) is 57.9 Å². The van der Waals surface area contributed by atoms with Crippen LogP contribution in [0.25, 0.3) is 0 Å². The van der Waals surface area contributed by atoms with Crippen LogP contribution in [-0.4, -0.2) is 10.2 Å². The van der Waals surface area contributed by atoms with Gasteiger partial charge in [0, 0.05) is 28.4 Å². The van der Waals surface area contributed by atoms with Gasteiger partial charge in [-0.05, 0) is 24.5 Å². The summed E-state index contributed by atoms with van der Waals surface area (Å²) >= 11 is 6.46. The van der Waals surface area contributed by atoms with E-state index < -0.39 is 0 Å². The monoisotopic (exact) mass is 338 g/mol. The highest BCUT2D eigenvalue weighted by molar-refractivity contribution is 6.31. The minimum absolute atomic E-state index is 0.157. The largest absolute Gasteiger partial charge is 0.341 e. The molecule has 1 aliphatic heterocycles. The SMILES string of the molecule is N#CC1=C(C2CCCCC2)Nc2n[nH]cc2C1c1ccccc1Cl. The summed E-state index contributed by atoms with van der Waals surface area (Å²) < 4.78 is 0. The van der Waals surface area contributed by atoms with Crippen LogP contribution in [0.3, 0.4) is 0 Å². The molecule has 1 saturated carbocycles. The minimum Gasteiger partial charge on any atom is -0.341 e. The molecule has 0 radical (unpaired) electrons. The molecule has 2 N–H and O–H groups in total. The highest BCUT2D eigenvalue weighted by Crippen LogP contribution is 2.45. The number of halogens is 1. The number of rotatable bonds is 2. The fraction of sp³-hybridized carbons (Fsp3) is 0.368. The zero-order valence-electron chi connectivity index (χ0n) is 13.3. The lowest BCUT2D eigenvalue weighted by atomic mass is 9.77. The number of anilines is 1. The Hall–Kier alpha value is -2.25. The standard InChI is InChI=1S/C19H19ClN4/c20-16-9-5-4-8-13(16)17-14(10-21)18(12-6-2-1-3-7-12)23-19-15(17)11-22-24-19/h4-5,8-9,11-12,17H,1-3,6-7H2,(H2,22,23,24). The lowest BCUT2D eigenvalue weighted by Gasteiger charge is -2.32. The molecular formula is C19H19ClN4. The third-order valence-electron chi connectivity index (χ3n) is 5.16. The van der Waals surface area contributed by atoms with Crippen LogP contribution in [0.4, 0.5) is 5.82 Å². The second-order valence-electron chi connectivity index (χ2n) is 6.54. The van der Waals surface area contributed by atoms with Crippen LogP contribution in [-0.2, 0) is 0 Å². The molecule has 0 bridgehead atoms. The van der Waals surface area contributed by atoms with Crippen LogP contribution in [0.1, 0.15) is 49.1 Å². The van der Waals surface area contributed by atoms with Crippen LogP contribution in [0.15, 0.2) is 41.7 Å². The molecule has 4 nitrogen and oxygen atoms in total. The molecule has 1 fully saturated rings. The van der Waals surface area contributed by atoms with Gasteiger partial charge in [-0.1, -0.05) is 49.1 Å². The summed E-state index contributed by atoms with van der Waals surface area (Å²) in [6, 6.07) is 10.3. The van der Waals surface area contributed by atoms with E-state index in [2.05, 4.69) is 21.6 Å². The quantitative estimate of drug-likeness (QED) is 0.811. The number of aromatic amines is 1. The smallest absolute Gasteiger partial charge is 0.156 e. The van der Waals surface area contributed by atoms with E-state index in [1.807, 2.05) is 30.5 Å². The van der Waals surface area contributed by atoms with Gasteiger partial charge in [0.2, 0.25) is 0 Å². The molecule has 5 heteroatoms. The number of benzene rings is 1. The summed E-state index contributed by atoms with van der Waals surface area (Å²) in [5, 5.41) is 21.4. The first-order chi connectivity index (χ1) is 11.8. The maximum Gasteiger partial charge on any atom is 0.156 e. The first-order valence-corrected chi connectivity index (χ1v) is 8.86. The fourth-order valence-corrected chi connectivity index (χ4v) is 4.24. The van der Waals surface area contributed by atoms with E-state index in [4.69, 9.17) is 11.6 Å². The number of nitriles is 1. The summed E-state index contributed by atoms with van der Waals surface area (Å²) in [6.07, 6.45) is 7.85. The van der Waals surface area contributed by atoms with Crippen LogP contribution in [0.5, 0.6) is 0 Å². The van der Waals surface area contributed by atoms with Crippen molar-refractivity contribution in [2.45, 2.75) is 38.0 Å². The maximum absolute atomic E-state index is 9.96. The molecule has 0 amide bonds. The Balaban J connectivity index is 1.87. The molecule has 0 saturated heterocycles. The maximum atomic E-state index is 9.96. The Morgan fingerprint density at radius 3 is 2.67 bits per heavy atom. The average molecular weight is 339 g/mol. The van der Waals surface area contributed by atoms with E-state index in [0.717, 1.165) is 41.1 Å².